The number of benzene rings is 1. The van der Waals surface area contributed by atoms with Gasteiger partial charge in [-0.3, -0.25) is 14.6 Å². The molecule has 0 spiro atoms. The van der Waals surface area contributed by atoms with Crippen LogP contribution in [0.5, 0.6) is 0 Å². The summed E-state index contributed by atoms with van der Waals surface area (Å²) in [7, 11) is 0. The van der Waals surface area contributed by atoms with Gasteiger partial charge in [-0.25, -0.2) is 0 Å². The zero-order valence-corrected chi connectivity index (χ0v) is 14.9. The van der Waals surface area contributed by atoms with Gasteiger partial charge in [-0.1, -0.05) is 48.6 Å². The fraction of sp³-hybridized carbons (Fsp3) is 0.286. The third-order valence-corrected chi connectivity index (χ3v) is 4.79. The molecule has 1 aliphatic heterocycles. The van der Waals surface area contributed by atoms with E-state index >= 15 is 0 Å². The summed E-state index contributed by atoms with van der Waals surface area (Å²) in [5.41, 5.74) is 1.23. The van der Waals surface area contributed by atoms with Gasteiger partial charge in [0.1, 0.15) is 5.54 Å². The van der Waals surface area contributed by atoms with Crippen molar-refractivity contribution in [2.45, 2.75) is 31.8 Å². The molecule has 1 aliphatic rings. The number of carbonyl (C=O) groups excluding carboxylic acids is 2. The number of hydrogen-bond donors (Lipinski definition) is 1. The van der Waals surface area contributed by atoms with E-state index in [4.69, 9.17) is 0 Å². The van der Waals surface area contributed by atoms with Crippen molar-refractivity contribution < 1.29 is 9.59 Å². The Bertz CT molecular complexity index is 789. The number of nitrogens with zero attached hydrogens (tertiary/aromatic N) is 2. The van der Waals surface area contributed by atoms with Gasteiger partial charge in [-0.05, 0) is 30.5 Å². The Labute approximate surface area is 153 Å². The molecule has 0 bridgehead atoms. The van der Waals surface area contributed by atoms with E-state index < -0.39 is 5.54 Å². The molecule has 1 fully saturated rings. The molecule has 2 aromatic rings. The lowest BCUT2D eigenvalue weighted by Gasteiger charge is -2.49. The summed E-state index contributed by atoms with van der Waals surface area (Å²) in [6, 6.07) is 13.6. The quantitative estimate of drug-likeness (QED) is 0.872. The second-order valence-electron chi connectivity index (χ2n) is 6.63. The summed E-state index contributed by atoms with van der Waals surface area (Å²) < 4.78 is 0. The smallest absolute Gasteiger partial charge is 0.246 e. The minimum atomic E-state index is -0.764. The molecule has 1 aromatic carbocycles. The van der Waals surface area contributed by atoms with Crippen molar-refractivity contribution >= 4 is 17.9 Å². The third-order valence-electron chi connectivity index (χ3n) is 4.79. The summed E-state index contributed by atoms with van der Waals surface area (Å²) in [6.07, 6.45) is 8.17. The molecule has 2 heterocycles. The summed E-state index contributed by atoms with van der Waals surface area (Å²) in [5, 5.41) is 2.92. The number of hydrogen-bond acceptors (Lipinski definition) is 3. The zero-order chi connectivity index (χ0) is 18.4. The minimum absolute atomic E-state index is 0.0255. The summed E-state index contributed by atoms with van der Waals surface area (Å²) in [6.45, 7) is 2.86. The Morgan fingerprint density at radius 1 is 1.23 bits per heavy atom. The standard InChI is InChI=1S/C21H23N3O2/c1-21(20(26)23-16-18-10-6-13-22-15-18)12-14-24(21)19(25)11-5-9-17-7-3-2-4-8-17/h2-10,13,15H,11-12,14,16H2,1H3,(H,23,26)/b9-5+. The second-order valence-corrected chi connectivity index (χ2v) is 6.63. The molecule has 5 nitrogen and oxygen atoms in total. The average molecular weight is 349 g/mol. The highest BCUT2D eigenvalue weighted by atomic mass is 16.2. The SMILES string of the molecule is CC1(C(=O)NCc2cccnc2)CCN1C(=O)C/C=C/c1ccccc1. The van der Waals surface area contributed by atoms with Crippen LogP contribution < -0.4 is 5.32 Å². The second kappa shape index (κ2) is 7.95. The third kappa shape index (κ3) is 3.99. The van der Waals surface area contributed by atoms with Gasteiger partial charge in [0.2, 0.25) is 11.8 Å². The van der Waals surface area contributed by atoms with Crippen LogP contribution in [0.4, 0.5) is 0 Å². The van der Waals surface area contributed by atoms with E-state index in [2.05, 4.69) is 10.3 Å². The summed E-state index contributed by atoms with van der Waals surface area (Å²) in [4.78, 5) is 30.8. The monoisotopic (exact) mass is 349 g/mol. The van der Waals surface area contributed by atoms with Crippen molar-refractivity contribution in [1.82, 2.24) is 15.2 Å². The molecule has 1 atom stereocenters. The number of pyridine rings is 1. The van der Waals surface area contributed by atoms with Crippen LogP contribution in [0.25, 0.3) is 6.08 Å². The normalized spacial score (nSPS) is 19.2. The van der Waals surface area contributed by atoms with E-state index in [9.17, 15) is 9.59 Å². The van der Waals surface area contributed by atoms with Gasteiger partial charge in [0.15, 0.2) is 0 Å². The number of nitrogens with one attached hydrogen (secondary N) is 1. The Kier molecular flexibility index (Phi) is 5.46. The molecule has 1 saturated heterocycles. The fourth-order valence-electron chi connectivity index (χ4n) is 3.04. The minimum Gasteiger partial charge on any atom is -0.350 e. The molecular weight excluding hydrogens is 326 g/mol. The van der Waals surface area contributed by atoms with Crippen LogP contribution in [0.2, 0.25) is 0 Å². The molecule has 0 saturated carbocycles. The summed E-state index contributed by atoms with van der Waals surface area (Å²) >= 11 is 0. The lowest BCUT2D eigenvalue weighted by Crippen LogP contribution is -2.67. The van der Waals surface area contributed by atoms with Crippen molar-refractivity contribution in [3.63, 3.8) is 0 Å². The highest BCUT2D eigenvalue weighted by Crippen LogP contribution is 2.31. The van der Waals surface area contributed by atoms with Crippen molar-refractivity contribution in [1.29, 1.82) is 0 Å². The molecule has 134 valence electrons. The first kappa shape index (κ1) is 17.9. The first-order valence-electron chi connectivity index (χ1n) is 8.79. The maximum Gasteiger partial charge on any atom is 0.246 e. The number of likely N-dealkylation sites (tertiary alicyclic amines) is 1. The number of amides is 2. The highest BCUT2D eigenvalue weighted by Gasteiger charge is 2.48. The molecule has 26 heavy (non-hydrogen) atoms. The maximum atomic E-state index is 12.6. The molecule has 1 N–H and O–H groups in total. The van der Waals surface area contributed by atoms with Gasteiger partial charge in [-0.2, -0.15) is 0 Å². The zero-order valence-electron chi connectivity index (χ0n) is 14.9. The topological polar surface area (TPSA) is 62.3 Å². The van der Waals surface area contributed by atoms with E-state index in [1.807, 2.05) is 61.5 Å². The highest BCUT2D eigenvalue weighted by molar-refractivity contribution is 5.93. The molecule has 1 unspecified atom stereocenters. The number of carbonyl (C=O) groups is 2. The van der Waals surface area contributed by atoms with Crippen LogP contribution in [-0.2, 0) is 16.1 Å². The van der Waals surface area contributed by atoms with E-state index in [1.165, 1.54) is 0 Å². The van der Waals surface area contributed by atoms with Crippen LogP contribution in [0.1, 0.15) is 30.9 Å². The van der Waals surface area contributed by atoms with Crippen LogP contribution >= 0.6 is 0 Å². The van der Waals surface area contributed by atoms with E-state index in [1.54, 1.807) is 17.3 Å². The molecule has 0 aliphatic carbocycles. The van der Waals surface area contributed by atoms with Crippen LogP contribution in [0.3, 0.4) is 0 Å². The lowest BCUT2D eigenvalue weighted by molar-refractivity contribution is -0.157. The molecule has 3 rings (SSSR count). The average Bonchev–Trinajstić information content (AvgIpc) is 2.66. The van der Waals surface area contributed by atoms with Crippen LogP contribution in [0.15, 0.2) is 60.9 Å². The first-order chi connectivity index (χ1) is 12.6. The van der Waals surface area contributed by atoms with Gasteiger partial charge in [-0.15, -0.1) is 0 Å². The van der Waals surface area contributed by atoms with Crippen molar-refractivity contribution in [2.24, 2.45) is 0 Å². The van der Waals surface area contributed by atoms with E-state index in [0.29, 0.717) is 25.9 Å². The van der Waals surface area contributed by atoms with Gasteiger partial charge in [0, 0.05) is 31.9 Å². The van der Waals surface area contributed by atoms with Gasteiger partial charge < -0.3 is 10.2 Å². The molecule has 5 heteroatoms. The lowest BCUT2D eigenvalue weighted by atomic mass is 9.85. The Morgan fingerprint density at radius 2 is 2.04 bits per heavy atom. The van der Waals surface area contributed by atoms with Gasteiger partial charge >= 0.3 is 0 Å². The number of rotatable bonds is 6. The molecule has 1 aromatic heterocycles. The van der Waals surface area contributed by atoms with E-state index in [0.717, 1.165) is 11.1 Å². The largest absolute Gasteiger partial charge is 0.350 e. The number of aromatic nitrogens is 1. The summed E-state index contributed by atoms with van der Waals surface area (Å²) in [5.74, 6) is -0.143. The van der Waals surface area contributed by atoms with Crippen LogP contribution in [0, 0.1) is 0 Å². The predicted molar refractivity (Wildman–Crippen MR) is 101 cm³/mol. The first-order valence-corrected chi connectivity index (χ1v) is 8.79. The van der Waals surface area contributed by atoms with Gasteiger partial charge in [0.05, 0.1) is 0 Å². The maximum absolute atomic E-state index is 12.6. The van der Waals surface area contributed by atoms with E-state index in [-0.39, 0.29) is 11.8 Å². The predicted octanol–water partition coefficient (Wildman–Crippen LogP) is 2.79. The Balaban J connectivity index is 1.54. The van der Waals surface area contributed by atoms with Crippen LogP contribution in [-0.4, -0.2) is 33.8 Å². The van der Waals surface area contributed by atoms with Crippen molar-refractivity contribution in [2.75, 3.05) is 6.54 Å². The Morgan fingerprint density at radius 3 is 2.69 bits per heavy atom. The molecule has 2 amide bonds. The Hall–Kier alpha value is -2.95. The van der Waals surface area contributed by atoms with Crippen molar-refractivity contribution in [3.05, 3.63) is 72.1 Å². The molecule has 0 radical (unpaired) electrons. The fourth-order valence-corrected chi connectivity index (χ4v) is 3.04. The van der Waals surface area contributed by atoms with Gasteiger partial charge in [0.25, 0.3) is 0 Å². The van der Waals surface area contributed by atoms with Crippen molar-refractivity contribution in [3.8, 4) is 0 Å². The molecular formula is C21H23N3O2.